The Labute approximate surface area is 174 Å². The molecular formula is C21H25N5O2S. The number of nitrogens with zero attached hydrogens (tertiary/aromatic N) is 5. The summed E-state index contributed by atoms with van der Waals surface area (Å²) < 4.78 is 12.8. The maximum Gasteiger partial charge on any atom is 0.191 e. The molecular weight excluding hydrogens is 386 g/mol. The number of fused-ring (bicyclic) bond motifs is 1. The van der Waals surface area contributed by atoms with E-state index in [1.54, 1.807) is 18.9 Å². The molecule has 0 N–H and O–H groups in total. The molecule has 1 aromatic carbocycles. The first kappa shape index (κ1) is 19.7. The SMILES string of the molecule is CC=Cc1nc2c(N3CCOCC3)nc(SCc3ccc(OC)cc3)nc2n1C. The molecule has 1 saturated heterocycles. The van der Waals surface area contributed by atoms with Crippen molar-refractivity contribution in [3.8, 4) is 5.75 Å². The number of rotatable bonds is 6. The molecule has 0 saturated carbocycles. The fraction of sp³-hybridized carbons (Fsp3) is 0.381. The molecule has 3 heterocycles. The van der Waals surface area contributed by atoms with Crippen molar-refractivity contribution in [2.24, 2.45) is 7.05 Å². The maximum absolute atomic E-state index is 5.52. The Morgan fingerprint density at radius 1 is 1.14 bits per heavy atom. The van der Waals surface area contributed by atoms with Crippen molar-refractivity contribution in [2.75, 3.05) is 38.3 Å². The second kappa shape index (κ2) is 8.84. The number of aromatic nitrogens is 4. The lowest BCUT2D eigenvalue weighted by Crippen LogP contribution is -2.37. The highest BCUT2D eigenvalue weighted by Crippen LogP contribution is 2.29. The van der Waals surface area contributed by atoms with Gasteiger partial charge in [0.25, 0.3) is 0 Å². The van der Waals surface area contributed by atoms with Crippen LogP contribution in [0.1, 0.15) is 18.3 Å². The van der Waals surface area contributed by atoms with Crippen LogP contribution in [0.5, 0.6) is 5.75 Å². The van der Waals surface area contributed by atoms with Crippen molar-refractivity contribution < 1.29 is 9.47 Å². The van der Waals surface area contributed by atoms with Crippen molar-refractivity contribution >= 4 is 34.8 Å². The Morgan fingerprint density at radius 3 is 2.59 bits per heavy atom. The Balaban J connectivity index is 1.68. The Hall–Kier alpha value is -2.58. The van der Waals surface area contributed by atoms with Gasteiger partial charge in [0, 0.05) is 25.9 Å². The van der Waals surface area contributed by atoms with E-state index in [2.05, 4.69) is 17.0 Å². The van der Waals surface area contributed by atoms with E-state index >= 15 is 0 Å². The van der Waals surface area contributed by atoms with Crippen LogP contribution < -0.4 is 9.64 Å². The number of aryl methyl sites for hydroxylation is 1. The third kappa shape index (κ3) is 4.23. The van der Waals surface area contributed by atoms with Crippen LogP contribution in [0.3, 0.4) is 0 Å². The van der Waals surface area contributed by atoms with Gasteiger partial charge in [-0.2, -0.15) is 0 Å². The van der Waals surface area contributed by atoms with Gasteiger partial charge in [0.2, 0.25) is 0 Å². The first-order chi connectivity index (χ1) is 14.2. The summed E-state index contributed by atoms with van der Waals surface area (Å²) >= 11 is 1.63. The topological polar surface area (TPSA) is 65.3 Å². The second-order valence-electron chi connectivity index (χ2n) is 6.77. The van der Waals surface area contributed by atoms with Crippen molar-refractivity contribution in [2.45, 2.75) is 17.8 Å². The van der Waals surface area contributed by atoms with E-state index in [0.29, 0.717) is 13.2 Å². The summed E-state index contributed by atoms with van der Waals surface area (Å²) in [5.41, 5.74) is 2.90. The predicted molar refractivity (Wildman–Crippen MR) is 117 cm³/mol. The van der Waals surface area contributed by atoms with Gasteiger partial charge in [-0.25, -0.2) is 15.0 Å². The monoisotopic (exact) mass is 411 g/mol. The summed E-state index contributed by atoms with van der Waals surface area (Å²) in [5.74, 6) is 3.42. The highest BCUT2D eigenvalue weighted by molar-refractivity contribution is 7.98. The van der Waals surface area contributed by atoms with Crippen LogP contribution in [-0.2, 0) is 17.5 Å². The van der Waals surface area contributed by atoms with Crippen molar-refractivity contribution in [3.05, 3.63) is 41.7 Å². The van der Waals surface area contributed by atoms with E-state index in [1.165, 1.54) is 5.56 Å². The van der Waals surface area contributed by atoms with Gasteiger partial charge in [0.1, 0.15) is 11.6 Å². The zero-order valence-corrected chi connectivity index (χ0v) is 17.8. The lowest BCUT2D eigenvalue weighted by atomic mass is 10.2. The highest BCUT2D eigenvalue weighted by Gasteiger charge is 2.21. The van der Waals surface area contributed by atoms with Crippen molar-refractivity contribution in [3.63, 3.8) is 0 Å². The van der Waals surface area contributed by atoms with E-state index in [1.807, 2.05) is 42.8 Å². The third-order valence-corrected chi connectivity index (χ3v) is 5.79. The van der Waals surface area contributed by atoms with Crippen LogP contribution in [0.4, 0.5) is 5.82 Å². The van der Waals surface area contributed by atoms with Crippen molar-refractivity contribution in [1.82, 2.24) is 19.5 Å². The number of thioether (sulfide) groups is 1. The van der Waals surface area contributed by atoms with Crippen LogP contribution in [0.15, 0.2) is 35.5 Å². The minimum atomic E-state index is 0.703. The van der Waals surface area contributed by atoms with E-state index < -0.39 is 0 Å². The lowest BCUT2D eigenvalue weighted by molar-refractivity contribution is 0.122. The number of benzene rings is 1. The first-order valence-corrected chi connectivity index (χ1v) is 10.6. The molecule has 0 radical (unpaired) electrons. The van der Waals surface area contributed by atoms with Gasteiger partial charge in [-0.3, -0.25) is 0 Å². The highest BCUT2D eigenvalue weighted by atomic mass is 32.2. The number of hydrogen-bond acceptors (Lipinski definition) is 7. The number of hydrogen-bond donors (Lipinski definition) is 0. The molecule has 0 atom stereocenters. The molecule has 7 nitrogen and oxygen atoms in total. The van der Waals surface area contributed by atoms with Crippen LogP contribution >= 0.6 is 11.8 Å². The van der Waals surface area contributed by atoms with Crippen LogP contribution in [0.2, 0.25) is 0 Å². The minimum Gasteiger partial charge on any atom is -0.497 e. The molecule has 1 aliphatic heterocycles. The molecule has 152 valence electrons. The normalized spacial score (nSPS) is 14.8. The Kier molecular flexibility index (Phi) is 6.01. The molecule has 8 heteroatoms. The smallest absolute Gasteiger partial charge is 0.191 e. The number of imidazole rings is 1. The molecule has 0 spiro atoms. The average Bonchev–Trinajstić information content (AvgIpc) is 3.08. The number of anilines is 1. The molecule has 1 fully saturated rings. The first-order valence-electron chi connectivity index (χ1n) is 9.65. The maximum atomic E-state index is 5.52. The zero-order valence-electron chi connectivity index (χ0n) is 17.0. The van der Waals surface area contributed by atoms with Crippen LogP contribution in [0, 0.1) is 0 Å². The fourth-order valence-corrected chi connectivity index (χ4v) is 4.06. The molecule has 0 aliphatic carbocycles. The van der Waals surface area contributed by atoms with E-state index in [9.17, 15) is 0 Å². The molecule has 2 aromatic heterocycles. The van der Waals surface area contributed by atoms with Gasteiger partial charge in [-0.05, 0) is 30.7 Å². The van der Waals surface area contributed by atoms with Crippen LogP contribution in [-0.4, -0.2) is 52.9 Å². The van der Waals surface area contributed by atoms with Gasteiger partial charge in [-0.1, -0.05) is 30.0 Å². The Morgan fingerprint density at radius 2 is 1.90 bits per heavy atom. The van der Waals surface area contributed by atoms with E-state index in [-0.39, 0.29) is 0 Å². The summed E-state index contributed by atoms with van der Waals surface area (Å²) in [6.07, 6.45) is 3.98. The summed E-state index contributed by atoms with van der Waals surface area (Å²) in [4.78, 5) is 16.8. The third-order valence-electron chi connectivity index (χ3n) is 4.87. The molecule has 3 aromatic rings. The largest absolute Gasteiger partial charge is 0.497 e. The molecule has 0 unspecified atom stereocenters. The van der Waals surface area contributed by atoms with Gasteiger partial charge in [-0.15, -0.1) is 0 Å². The molecule has 0 amide bonds. The summed E-state index contributed by atoms with van der Waals surface area (Å²) in [7, 11) is 3.68. The van der Waals surface area contributed by atoms with Crippen molar-refractivity contribution in [1.29, 1.82) is 0 Å². The number of methoxy groups -OCH3 is 1. The minimum absolute atomic E-state index is 0.703. The van der Waals surface area contributed by atoms with Gasteiger partial charge < -0.3 is 18.9 Å². The second-order valence-corrected chi connectivity index (χ2v) is 7.71. The van der Waals surface area contributed by atoms with Gasteiger partial charge >= 0.3 is 0 Å². The van der Waals surface area contributed by atoms with Crippen LogP contribution in [0.25, 0.3) is 17.2 Å². The molecule has 1 aliphatic rings. The van der Waals surface area contributed by atoms with Gasteiger partial charge in [0.05, 0.1) is 20.3 Å². The van der Waals surface area contributed by atoms with E-state index in [0.717, 1.165) is 52.6 Å². The fourth-order valence-electron chi connectivity index (χ4n) is 3.27. The number of ether oxygens (including phenoxy) is 2. The quantitative estimate of drug-likeness (QED) is 0.454. The Bertz CT molecular complexity index is 1010. The summed E-state index contributed by atoms with van der Waals surface area (Å²) in [5, 5.41) is 0.754. The number of morpholine rings is 1. The molecule has 4 rings (SSSR count). The predicted octanol–water partition coefficient (Wildman–Crippen LogP) is 3.53. The zero-order chi connectivity index (χ0) is 20.2. The lowest BCUT2D eigenvalue weighted by Gasteiger charge is -2.28. The number of allylic oxidation sites excluding steroid dienone is 1. The van der Waals surface area contributed by atoms with Gasteiger partial charge in [0.15, 0.2) is 22.1 Å². The summed E-state index contributed by atoms with van der Waals surface area (Å²) in [6.45, 7) is 5.02. The summed E-state index contributed by atoms with van der Waals surface area (Å²) in [6, 6.07) is 8.09. The molecule has 29 heavy (non-hydrogen) atoms. The van der Waals surface area contributed by atoms with E-state index in [4.69, 9.17) is 24.4 Å². The standard InChI is InChI=1S/C21H25N5O2S/c1-4-5-17-22-18-19(25(17)2)23-21(24-20(18)26-10-12-28-13-11-26)29-14-15-6-8-16(27-3)9-7-15/h4-9H,10-14H2,1-3H3. The molecule has 0 bridgehead atoms. The average molecular weight is 412 g/mol.